The number of benzene rings is 1. The van der Waals surface area contributed by atoms with Crippen LogP contribution in [0.3, 0.4) is 0 Å². The Kier molecular flexibility index (Phi) is 3.51. The zero-order chi connectivity index (χ0) is 10.6. The molecule has 0 aliphatic heterocycles. The van der Waals surface area contributed by atoms with Crippen molar-refractivity contribution in [3.63, 3.8) is 0 Å². The second-order valence-electron chi connectivity index (χ2n) is 3.37. The topological polar surface area (TPSA) is 35.8 Å². The number of phenolic OH excluding ortho intramolecular Hbond substituents is 1. The first kappa shape index (κ1) is 10.6. The van der Waals surface area contributed by atoms with Gasteiger partial charge in [0.05, 0.1) is 12.0 Å². The van der Waals surface area contributed by atoms with Crippen LogP contribution in [0.4, 0.5) is 5.69 Å². The number of aliphatic imine (C=N–C) groups is 1. The van der Waals surface area contributed by atoms with Crippen molar-refractivity contribution in [3.8, 4) is 5.75 Å². The van der Waals surface area contributed by atoms with Gasteiger partial charge >= 0.3 is 0 Å². The highest BCUT2D eigenvalue weighted by atomic mass is 16.3. The Balaban J connectivity index is 2.89. The summed E-state index contributed by atoms with van der Waals surface area (Å²) < 4.78 is 0. The van der Waals surface area contributed by atoms with Gasteiger partial charge in [-0.2, -0.15) is 0 Å². The van der Waals surface area contributed by atoms with E-state index in [4.69, 9.17) is 0 Å². The van der Waals surface area contributed by atoms with Crippen LogP contribution in [0.15, 0.2) is 23.2 Å². The van der Waals surface area contributed by atoms with Gasteiger partial charge in [0.2, 0.25) is 0 Å². The molecule has 0 amide bonds. The Morgan fingerprint density at radius 2 is 2.14 bits per heavy atom. The Labute approximate surface area is 84.7 Å². The minimum atomic E-state index is 0.344. The van der Waals surface area contributed by atoms with Gasteiger partial charge in [0.25, 0.3) is 0 Å². The van der Waals surface area contributed by atoms with Crippen LogP contribution in [0.1, 0.15) is 12.5 Å². The van der Waals surface area contributed by atoms with Crippen LogP contribution in [0.25, 0.3) is 0 Å². The van der Waals surface area contributed by atoms with Crippen molar-refractivity contribution >= 4 is 12.0 Å². The molecule has 0 aromatic heterocycles. The second-order valence-corrected chi connectivity index (χ2v) is 3.37. The molecule has 3 nitrogen and oxygen atoms in total. The third-order valence-electron chi connectivity index (χ3n) is 1.88. The molecule has 1 rings (SSSR count). The average Bonchev–Trinajstić information content (AvgIpc) is 2.16. The predicted molar refractivity (Wildman–Crippen MR) is 59.3 cm³/mol. The maximum Gasteiger partial charge on any atom is 0.118 e. The van der Waals surface area contributed by atoms with Crippen LogP contribution in [0.5, 0.6) is 5.75 Å². The molecule has 1 aromatic carbocycles. The van der Waals surface area contributed by atoms with E-state index in [9.17, 15) is 5.11 Å². The molecule has 1 N–H and O–H groups in total. The van der Waals surface area contributed by atoms with Gasteiger partial charge in [-0.05, 0) is 30.2 Å². The van der Waals surface area contributed by atoms with E-state index >= 15 is 0 Å². The fourth-order valence-corrected chi connectivity index (χ4v) is 1.12. The third-order valence-corrected chi connectivity index (χ3v) is 1.88. The molecule has 76 valence electrons. The van der Waals surface area contributed by atoms with Gasteiger partial charge in [0, 0.05) is 14.1 Å². The first-order valence-corrected chi connectivity index (χ1v) is 4.66. The summed E-state index contributed by atoms with van der Waals surface area (Å²) in [5.74, 6) is 0.344. The number of nitrogens with zero attached hydrogens (tertiary/aromatic N) is 2. The maximum atomic E-state index is 9.45. The van der Waals surface area contributed by atoms with Crippen LogP contribution >= 0.6 is 0 Å². The summed E-state index contributed by atoms with van der Waals surface area (Å²) >= 11 is 0. The molecule has 14 heavy (non-hydrogen) atoms. The number of hydrogen-bond donors (Lipinski definition) is 1. The predicted octanol–water partition coefficient (Wildman–Crippen LogP) is 2.18. The van der Waals surface area contributed by atoms with Crippen LogP contribution in [-0.4, -0.2) is 30.4 Å². The monoisotopic (exact) mass is 192 g/mol. The lowest BCUT2D eigenvalue weighted by molar-refractivity contribution is 0.469. The third kappa shape index (κ3) is 2.76. The first-order chi connectivity index (χ1) is 6.63. The van der Waals surface area contributed by atoms with Crippen molar-refractivity contribution in [1.29, 1.82) is 0 Å². The lowest BCUT2D eigenvalue weighted by Crippen LogP contribution is -2.06. The maximum absolute atomic E-state index is 9.45. The summed E-state index contributed by atoms with van der Waals surface area (Å²) in [4.78, 5) is 6.12. The molecule has 0 atom stereocenters. The van der Waals surface area contributed by atoms with Gasteiger partial charge in [-0.1, -0.05) is 6.92 Å². The van der Waals surface area contributed by atoms with Crippen molar-refractivity contribution < 1.29 is 5.11 Å². The Hall–Kier alpha value is -1.51. The van der Waals surface area contributed by atoms with E-state index in [2.05, 4.69) is 4.99 Å². The highest BCUT2D eigenvalue weighted by Gasteiger charge is 1.98. The number of rotatable bonds is 3. The fourth-order valence-electron chi connectivity index (χ4n) is 1.12. The molecule has 3 heteroatoms. The molecular formula is C11H16N2O. The largest absolute Gasteiger partial charge is 0.508 e. The van der Waals surface area contributed by atoms with Gasteiger partial charge in [0.15, 0.2) is 0 Å². The highest BCUT2D eigenvalue weighted by Crippen LogP contribution is 2.23. The van der Waals surface area contributed by atoms with Gasteiger partial charge in [-0.3, -0.25) is 0 Å². The number of hydrogen-bond acceptors (Lipinski definition) is 2. The highest BCUT2D eigenvalue weighted by molar-refractivity contribution is 5.61. The van der Waals surface area contributed by atoms with Gasteiger partial charge in [0.1, 0.15) is 5.75 Å². The standard InChI is InChI=1S/C11H16N2O/c1-4-9-7-10(5-6-11(9)14)12-8-13(2)3/h5-8,14H,4H2,1-3H3. The zero-order valence-electron chi connectivity index (χ0n) is 8.86. The van der Waals surface area contributed by atoms with E-state index < -0.39 is 0 Å². The summed E-state index contributed by atoms with van der Waals surface area (Å²) in [6, 6.07) is 5.38. The average molecular weight is 192 g/mol. The molecule has 0 fully saturated rings. The summed E-state index contributed by atoms with van der Waals surface area (Å²) in [5.41, 5.74) is 1.80. The van der Waals surface area contributed by atoms with Crippen molar-refractivity contribution in [3.05, 3.63) is 23.8 Å². The van der Waals surface area contributed by atoms with Crippen LogP contribution in [0, 0.1) is 0 Å². The lowest BCUT2D eigenvalue weighted by Gasteiger charge is -2.04. The lowest BCUT2D eigenvalue weighted by atomic mass is 10.1. The summed E-state index contributed by atoms with van der Waals surface area (Å²) in [6.45, 7) is 2.01. The summed E-state index contributed by atoms with van der Waals surface area (Å²) in [5, 5.41) is 9.45. The number of aryl methyl sites for hydroxylation is 1. The first-order valence-electron chi connectivity index (χ1n) is 4.66. The molecule has 0 bridgehead atoms. The second kappa shape index (κ2) is 4.65. The minimum Gasteiger partial charge on any atom is -0.508 e. The molecule has 0 saturated heterocycles. The van der Waals surface area contributed by atoms with E-state index in [0.717, 1.165) is 17.7 Å². The SMILES string of the molecule is CCc1cc(N=CN(C)C)ccc1O. The van der Waals surface area contributed by atoms with Gasteiger partial charge in [-0.25, -0.2) is 4.99 Å². The summed E-state index contributed by atoms with van der Waals surface area (Å²) in [6.07, 6.45) is 2.56. The van der Waals surface area contributed by atoms with Crippen LogP contribution < -0.4 is 0 Å². The van der Waals surface area contributed by atoms with Crippen LogP contribution in [0.2, 0.25) is 0 Å². The molecule has 0 aliphatic carbocycles. The van der Waals surface area contributed by atoms with Crippen molar-refractivity contribution in [2.45, 2.75) is 13.3 Å². The smallest absolute Gasteiger partial charge is 0.118 e. The molecular weight excluding hydrogens is 176 g/mol. The molecule has 0 radical (unpaired) electrons. The number of aromatic hydroxyl groups is 1. The van der Waals surface area contributed by atoms with E-state index in [1.165, 1.54) is 0 Å². The van der Waals surface area contributed by atoms with Crippen molar-refractivity contribution in [1.82, 2.24) is 4.90 Å². The molecule has 0 unspecified atom stereocenters. The Morgan fingerprint density at radius 3 is 2.71 bits per heavy atom. The molecule has 0 saturated carbocycles. The normalized spacial score (nSPS) is 10.8. The summed E-state index contributed by atoms with van der Waals surface area (Å²) in [7, 11) is 3.84. The van der Waals surface area contributed by atoms with Gasteiger partial charge < -0.3 is 10.0 Å². The van der Waals surface area contributed by atoms with Crippen molar-refractivity contribution in [2.24, 2.45) is 4.99 Å². The van der Waals surface area contributed by atoms with Crippen molar-refractivity contribution in [2.75, 3.05) is 14.1 Å². The van der Waals surface area contributed by atoms with Crippen LogP contribution in [-0.2, 0) is 6.42 Å². The molecule has 0 heterocycles. The van der Waals surface area contributed by atoms with E-state index in [0.29, 0.717) is 5.75 Å². The number of phenols is 1. The zero-order valence-corrected chi connectivity index (χ0v) is 8.86. The minimum absolute atomic E-state index is 0.344. The molecule has 0 aliphatic rings. The quantitative estimate of drug-likeness (QED) is 0.588. The Bertz CT molecular complexity index is 332. The van der Waals surface area contributed by atoms with E-state index in [1.807, 2.05) is 32.0 Å². The van der Waals surface area contributed by atoms with E-state index in [-0.39, 0.29) is 0 Å². The van der Waals surface area contributed by atoms with Gasteiger partial charge in [-0.15, -0.1) is 0 Å². The molecule has 1 aromatic rings. The van der Waals surface area contributed by atoms with E-state index in [1.54, 1.807) is 18.5 Å². The molecule has 0 spiro atoms. The fraction of sp³-hybridized carbons (Fsp3) is 0.364. The Morgan fingerprint density at radius 1 is 1.43 bits per heavy atom.